The van der Waals surface area contributed by atoms with Gasteiger partial charge in [-0.15, -0.1) is 11.8 Å². The Labute approximate surface area is 153 Å². The van der Waals surface area contributed by atoms with Crippen LogP contribution in [0.1, 0.15) is 48.6 Å². The molecule has 0 saturated heterocycles. The summed E-state index contributed by atoms with van der Waals surface area (Å²) in [6.07, 6.45) is 0.372. The van der Waals surface area contributed by atoms with Crippen LogP contribution in [0.4, 0.5) is 5.69 Å². The molecule has 4 nitrogen and oxygen atoms in total. The van der Waals surface area contributed by atoms with E-state index in [-0.39, 0.29) is 5.91 Å². The summed E-state index contributed by atoms with van der Waals surface area (Å²) in [5.74, 6) is 0.860. The molecule has 0 saturated carbocycles. The Morgan fingerprint density at radius 2 is 2.04 bits per heavy atom. The molecule has 0 atom stereocenters. The van der Waals surface area contributed by atoms with Crippen LogP contribution in [-0.4, -0.2) is 16.6 Å². The molecule has 25 heavy (non-hydrogen) atoms. The first-order valence-electron chi connectivity index (χ1n) is 8.32. The number of carbonyl (C=O) groups is 1. The Hall–Kier alpha value is -2.32. The van der Waals surface area contributed by atoms with Crippen LogP contribution in [0.15, 0.2) is 35.4 Å². The van der Waals surface area contributed by atoms with E-state index in [1.165, 1.54) is 11.8 Å². The standard InChI is InChI=1S/C20H23N3OS/c1-13(2)17-9-8-16(12-21)20(23-17)25-11-10-19(24)22-18-7-5-6-14(3)15(18)4/h5-9,13H,10-11H2,1-4H3,(H,22,24). The number of nitriles is 1. The molecule has 130 valence electrons. The average Bonchev–Trinajstić information content (AvgIpc) is 2.58. The van der Waals surface area contributed by atoms with Crippen LogP contribution in [0.25, 0.3) is 0 Å². The minimum atomic E-state index is -0.0280. The topological polar surface area (TPSA) is 65.8 Å². The lowest BCUT2D eigenvalue weighted by molar-refractivity contribution is -0.115. The average molecular weight is 353 g/mol. The fraction of sp³-hybridized carbons (Fsp3) is 0.350. The number of thioether (sulfide) groups is 1. The quantitative estimate of drug-likeness (QED) is 0.757. The van der Waals surface area contributed by atoms with Gasteiger partial charge in [0.2, 0.25) is 5.91 Å². The number of nitrogens with zero attached hydrogens (tertiary/aromatic N) is 2. The molecular weight excluding hydrogens is 330 g/mol. The van der Waals surface area contributed by atoms with Gasteiger partial charge in [-0.1, -0.05) is 26.0 Å². The molecule has 1 aromatic heterocycles. The third-order valence-electron chi connectivity index (χ3n) is 4.04. The number of rotatable bonds is 6. The maximum atomic E-state index is 12.2. The zero-order valence-corrected chi connectivity index (χ0v) is 15.9. The first kappa shape index (κ1) is 19.0. The Kier molecular flexibility index (Phi) is 6.60. The number of pyridine rings is 1. The van der Waals surface area contributed by atoms with Crippen LogP contribution in [0.5, 0.6) is 0 Å². The van der Waals surface area contributed by atoms with Gasteiger partial charge in [0, 0.05) is 23.6 Å². The van der Waals surface area contributed by atoms with Crippen molar-refractivity contribution in [1.82, 2.24) is 4.98 Å². The van der Waals surface area contributed by atoms with E-state index >= 15 is 0 Å². The van der Waals surface area contributed by atoms with Gasteiger partial charge in [-0.2, -0.15) is 5.26 Å². The predicted molar refractivity (Wildman–Crippen MR) is 103 cm³/mol. The number of hydrogen-bond donors (Lipinski definition) is 1. The van der Waals surface area contributed by atoms with Crippen molar-refractivity contribution in [3.8, 4) is 6.07 Å². The SMILES string of the molecule is Cc1cccc(NC(=O)CCSc2nc(C(C)C)ccc2C#N)c1C. The summed E-state index contributed by atoms with van der Waals surface area (Å²) < 4.78 is 0. The maximum Gasteiger partial charge on any atom is 0.225 e. The summed E-state index contributed by atoms with van der Waals surface area (Å²) >= 11 is 1.45. The van der Waals surface area contributed by atoms with E-state index in [1.54, 1.807) is 6.07 Å². The highest BCUT2D eigenvalue weighted by Crippen LogP contribution is 2.24. The largest absolute Gasteiger partial charge is 0.326 e. The highest BCUT2D eigenvalue weighted by atomic mass is 32.2. The predicted octanol–water partition coefficient (Wildman–Crippen LogP) is 4.81. The molecular formula is C20H23N3OS. The number of carbonyl (C=O) groups excluding carboxylic acids is 1. The molecule has 2 rings (SSSR count). The van der Waals surface area contributed by atoms with E-state index in [9.17, 15) is 10.1 Å². The van der Waals surface area contributed by atoms with Gasteiger partial charge in [-0.3, -0.25) is 4.79 Å². The molecule has 1 amide bonds. The molecule has 1 N–H and O–H groups in total. The fourth-order valence-electron chi connectivity index (χ4n) is 2.31. The van der Waals surface area contributed by atoms with Crippen molar-refractivity contribution in [2.45, 2.75) is 45.1 Å². The van der Waals surface area contributed by atoms with E-state index in [4.69, 9.17) is 0 Å². The summed E-state index contributed by atoms with van der Waals surface area (Å²) in [6.45, 7) is 8.17. The number of hydrogen-bond acceptors (Lipinski definition) is 4. The molecule has 1 heterocycles. The number of nitrogens with one attached hydrogen (secondary N) is 1. The Bertz CT molecular complexity index is 809. The number of benzene rings is 1. The molecule has 0 fully saturated rings. The molecule has 5 heteroatoms. The molecule has 0 radical (unpaired) electrons. The van der Waals surface area contributed by atoms with Crippen LogP contribution >= 0.6 is 11.8 Å². The van der Waals surface area contributed by atoms with Crippen LogP contribution in [0, 0.1) is 25.2 Å². The van der Waals surface area contributed by atoms with E-state index < -0.39 is 0 Å². The Morgan fingerprint density at radius 1 is 1.28 bits per heavy atom. The maximum absolute atomic E-state index is 12.2. The molecule has 1 aromatic carbocycles. The van der Waals surface area contributed by atoms with Gasteiger partial charge in [0.1, 0.15) is 11.1 Å². The highest BCUT2D eigenvalue weighted by molar-refractivity contribution is 7.99. The Balaban J connectivity index is 1.96. The Morgan fingerprint density at radius 3 is 2.72 bits per heavy atom. The second-order valence-electron chi connectivity index (χ2n) is 6.25. The van der Waals surface area contributed by atoms with Gasteiger partial charge in [0.05, 0.1) is 5.56 Å². The third-order valence-corrected chi connectivity index (χ3v) is 5.03. The number of aromatic nitrogens is 1. The van der Waals surface area contributed by atoms with Crippen LogP contribution in [0.3, 0.4) is 0 Å². The van der Waals surface area contributed by atoms with Gasteiger partial charge in [-0.05, 0) is 49.1 Å². The van der Waals surface area contributed by atoms with E-state index in [0.29, 0.717) is 28.7 Å². The first-order valence-corrected chi connectivity index (χ1v) is 9.30. The highest BCUT2D eigenvalue weighted by Gasteiger charge is 2.11. The summed E-state index contributed by atoms with van der Waals surface area (Å²) in [5, 5.41) is 12.9. The molecule has 0 aliphatic rings. The summed E-state index contributed by atoms with van der Waals surface area (Å²) in [6, 6.07) is 11.7. The van der Waals surface area contributed by atoms with E-state index in [1.807, 2.05) is 38.1 Å². The van der Waals surface area contributed by atoms with Crippen molar-refractivity contribution in [3.05, 3.63) is 52.7 Å². The van der Waals surface area contributed by atoms with Gasteiger partial charge < -0.3 is 5.32 Å². The molecule has 0 unspecified atom stereocenters. The number of anilines is 1. The molecule has 2 aromatic rings. The van der Waals surface area contributed by atoms with E-state index in [2.05, 4.69) is 30.2 Å². The molecule has 0 aliphatic heterocycles. The van der Waals surface area contributed by atoms with Gasteiger partial charge >= 0.3 is 0 Å². The minimum absolute atomic E-state index is 0.0280. The number of aryl methyl sites for hydroxylation is 1. The van der Waals surface area contributed by atoms with Crippen molar-refractivity contribution in [2.24, 2.45) is 0 Å². The van der Waals surface area contributed by atoms with Crippen molar-refractivity contribution < 1.29 is 4.79 Å². The first-order chi connectivity index (χ1) is 11.9. The zero-order chi connectivity index (χ0) is 18.4. The van der Waals surface area contributed by atoms with Gasteiger partial charge in [0.25, 0.3) is 0 Å². The summed E-state index contributed by atoms with van der Waals surface area (Å²) in [7, 11) is 0. The van der Waals surface area contributed by atoms with Crippen LogP contribution in [0.2, 0.25) is 0 Å². The lowest BCUT2D eigenvalue weighted by Crippen LogP contribution is -2.13. The fourth-order valence-corrected chi connectivity index (χ4v) is 3.23. The summed E-state index contributed by atoms with van der Waals surface area (Å²) in [4.78, 5) is 16.7. The molecule has 0 spiro atoms. The lowest BCUT2D eigenvalue weighted by atomic mass is 10.1. The van der Waals surface area contributed by atoms with Crippen molar-refractivity contribution in [1.29, 1.82) is 5.26 Å². The minimum Gasteiger partial charge on any atom is -0.326 e. The third kappa shape index (κ3) is 5.07. The van der Waals surface area contributed by atoms with Gasteiger partial charge in [0.15, 0.2) is 0 Å². The second kappa shape index (κ2) is 8.68. The second-order valence-corrected chi connectivity index (χ2v) is 7.33. The van der Waals surface area contributed by atoms with Crippen LogP contribution < -0.4 is 5.32 Å². The van der Waals surface area contributed by atoms with Gasteiger partial charge in [-0.25, -0.2) is 4.98 Å². The van der Waals surface area contributed by atoms with Crippen molar-refractivity contribution >= 4 is 23.4 Å². The lowest BCUT2D eigenvalue weighted by Gasteiger charge is -2.11. The normalized spacial score (nSPS) is 10.6. The van der Waals surface area contributed by atoms with Crippen molar-refractivity contribution in [2.75, 3.05) is 11.1 Å². The molecule has 0 aliphatic carbocycles. The van der Waals surface area contributed by atoms with Crippen LogP contribution in [-0.2, 0) is 4.79 Å². The smallest absolute Gasteiger partial charge is 0.225 e. The monoisotopic (exact) mass is 353 g/mol. The zero-order valence-electron chi connectivity index (χ0n) is 15.1. The number of amides is 1. The van der Waals surface area contributed by atoms with Crippen molar-refractivity contribution in [3.63, 3.8) is 0 Å². The molecule has 0 bridgehead atoms. The van der Waals surface area contributed by atoms with E-state index in [0.717, 1.165) is 22.5 Å². The summed E-state index contributed by atoms with van der Waals surface area (Å²) in [5.41, 5.74) is 4.61.